The first-order valence-corrected chi connectivity index (χ1v) is 3.78. The van der Waals surface area contributed by atoms with Gasteiger partial charge in [-0.3, -0.25) is 0 Å². The Bertz CT molecular complexity index is 213. The van der Waals surface area contributed by atoms with Gasteiger partial charge in [-0.25, -0.2) is 4.39 Å². The lowest BCUT2D eigenvalue weighted by Crippen LogP contribution is -2.25. The Morgan fingerprint density at radius 3 is 2.23 bits per heavy atom. The van der Waals surface area contributed by atoms with E-state index in [1.807, 2.05) is 0 Å². The first-order valence-electron chi connectivity index (χ1n) is 3.78. The largest absolute Gasteiger partial charge is 0.445 e. The lowest BCUT2D eigenvalue weighted by atomic mass is 10.2. The fourth-order valence-corrected chi connectivity index (χ4v) is 1.19. The van der Waals surface area contributed by atoms with E-state index in [9.17, 15) is 22.0 Å². The molecule has 1 aliphatic rings. The summed E-state index contributed by atoms with van der Waals surface area (Å²) < 4.78 is 60.0. The highest BCUT2D eigenvalue weighted by Crippen LogP contribution is 2.32. The maximum atomic E-state index is 12.7. The quantitative estimate of drug-likeness (QED) is 0.642. The predicted octanol–water partition coefficient (Wildman–Crippen LogP) is 2.45. The van der Waals surface area contributed by atoms with E-state index in [0.717, 1.165) is 0 Å². The summed E-state index contributed by atoms with van der Waals surface area (Å²) in [6.45, 7) is 0.420. The molecule has 1 fully saturated rings. The van der Waals surface area contributed by atoms with Crippen molar-refractivity contribution in [1.82, 2.24) is 5.32 Å². The molecule has 1 saturated heterocycles. The molecule has 0 saturated carbocycles. The van der Waals surface area contributed by atoms with Crippen molar-refractivity contribution in [3.8, 4) is 0 Å². The van der Waals surface area contributed by atoms with Crippen molar-refractivity contribution in [2.45, 2.75) is 25.1 Å². The van der Waals surface area contributed by atoms with Gasteiger partial charge in [0.15, 0.2) is 5.83 Å². The van der Waals surface area contributed by atoms with Crippen LogP contribution in [0.3, 0.4) is 0 Å². The van der Waals surface area contributed by atoms with Crippen LogP contribution in [0.2, 0.25) is 0 Å². The number of halogens is 5. The van der Waals surface area contributed by atoms with E-state index in [4.69, 9.17) is 0 Å². The summed E-state index contributed by atoms with van der Waals surface area (Å²) in [7, 11) is 0. The monoisotopic (exact) mass is 201 g/mol. The third-order valence-corrected chi connectivity index (χ3v) is 1.82. The summed E-state index contributed by atoms with van der Waals surface area (Å²) in [6.07, 6.45) is -4.45. The van der Waals surface area contributed by atoms with Gasteiger partial charge in [-0.15, -0.1) is 0 Å². The van der Waals surface area contributed by atoms with Gasteiger partial charge in [0.1, 0.15) is 0 Å². The highest BCUT2D eigenvalue weighted by Gasteiger charge is 2.40. The summed E-state index contributed by atoms with van der Waals surface area (Å²) >= 11 is 0. The lowest BCUT2D eigenvalue weighted by molar-refractivity contribution is -0.111. The van der Waals surface area contributed by atoms with Crippen LogP contribution in [0.15, 0.2) is 11.7 Å². The van der Waals surface area contributed by atoms with E-state index in [2.05, 4.69) is 5.32 Å². The molecule has 0 aliphatic carbocycles. The molecule has 6 heteroatoms. The molecule has 0 spiro atoms. The van der Waals surface area contributed by atoms with Crippen LogP contribution < -0.4 is 5.32 Å². The van der Waals surface area contributed by atoms with Crippen LogP contribution in [-0.2, 0) is 0 Å². The third-order valence-electron chi connectivity index (χ3n) is 1.82. The van der Waals surface area contributed by atoms with E-state index in [1.165, 1.54) is 0 Å². The highest BCUT2D eigenvalue weighted by atomic mass is 19.4. The van der Waals surface area contributed by atoms with E-state index >= 15 is 0 Å². The van der Waals surface area contributed by atoms with Crippen molar-refractivity contribution in [3.05, 3.63) is 11.7 Å². The number of nitrogens with one attached hydrogen (secondary N) is 1. The van der Waals surface area contributed by atoms with Gasteiger partial charge in [0, 0.05) is 0 Å². The van der Waals surface area contributed by atoms with Crippen LogP contribution in [0.1, 0.15) is 12.8 Å². The number of alkyl halides is 3. The van der Waals surface area contributed by atoms with Crippen molar-refractivity contribution in [3.63, 3.8) is 0 Å². The summed E-state index contributed by atoms with van der Waals surface area (Å²) in [4.78, 5) is 0. The zero-order valence-electron chi connectivity index (χ0n) is 6.59. The van der Waals surface area contributed by atoms with Gasteiger partial charge in [0.2, 0.25) is 5.83 Å². The number of rotatable bonds is 1. The molecule has 1 rings (SSSR count). The Labute approximate surface area is 71.6 Å². The lowest BCUT2D eigenvalue weighted by Gasteiger charge is -2.10. The standard InChI is InChI=1S/C7H8F5N/c8-5(4-2-1-3-13-4)6(9)7(10,11)12/h4,13H,1-3H2. The Morgan fingerprint density at radius 1 is 1.23 bits per heavy atom. The molecular formula is C7H8F5N. The molecule has 0 aromatic carbocycles. The van der Waals surface area contributed by atoms with Gasteiger partial charge in [0.25, 0.3) is 0 Å². The normalized spacial score (nSPS) is 26.1. The Balaban J connectivity index is 2.77. The summed E-state index contributed by atoms with van der Waals surface area (Å²) in [6, 6.07) is -1.11. The minimum Gasteiger partial charge on any atom is -0.308 e. The predicted molar refractivity (Wildman–Crippen MR) is 36.3 cm³/mol. The topological polar surface area (TPSA) is 12.0 Å². The number of allylic oxidation sites excluding steroid dienone is 1. The van der Waals surface area contributed by atoms with Crippen LogP contribution in [0, 0.1) is 0 Å². The Hall–Kier alpha value is -0.650. The van der Waals surface area contributed by atoms with E-state index in [-0.39, 0.29) is 6.42 Å². The summed E-state index contributed by atoms with van der Waals surface area (Å²) in [5.41, 5.74) is 0. The second-order valence-electron chi connectivity index (χ2n) is 2.81. The van der Waals surface area contributed by atoms with Crippen molar-refractivity contribution in [2.24, 2.45) is 0 Å². The SMILES string of the molecule is FC(=C(F)C(F)(F)F)C1CCCN1. The number of hydrogen-bond acceptors (Lipinski definition) is 1. The van der Waals surface area contributed by atoms with Gasteiger partial charge < -0.3 is 5.32 Å². The molecule has 0 bridgehead atoms. The van der Waals surface area contributed by atoms with Crippen LogP contribution in [0.5, 0.6) is 0 Å². The molecule has 1 atom stereocenters. The average molecular weight is 201 g/mol. The molecule has 1 N–H and O–H groups in total. The highest BCUT2D eigenvalue weighted by molar-refractivity contribution is 5.13. The maximum absolute atomic E-state index is 12.7. The van der Waals surface area contributed by atoms with E-state index in [1.54, 1.807) is 0 Å². The average Bonchev–Trinajstić information content (AvgIpc) is 2.51. The van der Waals surface area contributed by atoms with Gasteiger partial charge in [0.05, 0.1) is 6.04 Å². The van der Waals surface area contributed by atoms with E-state index < -0.39 is 23.9 Å². The molecule has 1 unspecified atom stereocenters. The maximum Gasteiger partial charge on any atom is 0.445 e. The fourth-order valence-electron chi connectivity index (χ4n) is 1.19. The second-order valence-corrected chi connectivity index (χ2v) is 2.81. The van der Waals surface area contributed by atoms with Gasteiger partial charge >= 0.3 is 6.18 Å². The smallest absolute Gasteiger partial charge is 0.308 e. The minimum atomic E-state index is -5.21. The van der Waals surface area contributed by atoms with Gasteiger partial charge in [-0.1, -0.05) is 0 Å². The second kappa shape index (κ2) is 3.61. The van der Waals surface area contributed by atoms with Gasteiger partial charge in [-0.05, 0) is 19.4 Å². The molecule has 0 radical (unpaired) electrons. The van der Waals surface area contributed by atoms with Crippen LogP contribution in [0.25, 0.3) is 0 Å². The molecule has 0 aromatic rings. The first kappa shape index (κ1) is 10.4. The van der Waals surface area contributed by atoms with Crippen LogP contribution in [-0.4, -0.2) is 18.8 Å². The molecule has 0 aromatic heterocycles. The molecule has 76 valence electrons. The fraction of sp³-hybridized carbons (Fsp3) is 0.714. The van der Waals surface area contributed by atoms with Crippen molar-refractivity contribution in [1.29, 1.82) is 0 Å². The van der Waals surface area contributed by atoms with Gasteiger partial charge in [-0.2, -0.15) is 17.6 Å². The Morgan fingerprint density at radius 2 is 1.85 bits per heavy atom. The molecule has 1 heterocycles. The molecule has 1 nitrogen and oxygen atoms in total. The summed E-state index contributed by atoms with van der Waals surface area (Å²) in [5, 5.41) is 2.44. The summed E-state index contributed by atoms with van der Waals surface area (Å²) in [5.74, 6) is -4.35. The van der Waals surface area contributed by atoms with Crippen LogP contribution in [0.4, 0.5) is 22.0 Å². The van der Waals surface area contributed by atoms with E-state index in [0.29, 0.717) is 13.0 Å². The molecule has 13 heavy (non-hydrogen) atoms. The van der Waals surface area contributed by atoms with Crippen molar-refractivity contribution >= 4 is 0 Å². The number of hydrogen-bond donors (Lipinski definition) is 1. The minimum absolute atomic E-state index is 0.204. The van der Waals surface area contributed by atoms with Crippen molar-refractivity contribution in [2.75, 3.05) is 6.54 Å². The Kier molecular flexibility index (Phi) is 2.90. The molecular weight excluding hydrogens is 193 g/mol. The molecule has 0 amide bonds. The molecule has 1 aliphatic heterocycles. The first-order chi connectivity index (χ1) is 5.93. The van der Waals surface area contributed by atoms with Crippen molar-refractivity contribution < 1.29 is 22.0 Å². The third kappa shape index (κ3) is 2.40. The zero-order chi connectivity index (χ0) is 10.1. The zero-order valence-corrected chi connectivity index (χ0v) is 6.59. The van der Waals surface area contributed by atoms with Crippen LogP contribution >= 0.6 is 0 Å².